The zero-order valence-electron chi connectivity index (χ0n) is 23.3. The van der Waals surface area contributed by atoms with Crippen LogP contribution in [0.15, 0.2) is 110 Å². The number of nitrogens with one attached hydrogen (secondary N) is 2. The van der Waals surface area contributed by atoms with E-state index < -0.39 is 48.5 Å². The van der Waals surface area contributed by atoms with Crippen LogP contribution in [0.2, 0.25) is 0 Å². The van der Waals surface area contributed by atoms with Gasteiger partial charge in [-0.2, -0.15) is 0 Å². The molecule has 2 amide bonds. The number of H-pyrrole nitrogens is 1. The lowest BCUT2D eigenvalue weighted by atomic mass is 10.1. The first-order valence-electron chi connectivity index (χ1n) is 13.8. The fourth-order valence-corrected chi connectivity index (χ4v) is 5.08. The van der Waals surface area contributed by atoms with Gasteiger partial charge in [-0.05, 0) is 42.5 Å². The SMILES string of the molecule is C=C1NC(=O)N(C2OC(COC(=O)c3ccccc3)C(OC(=O)c3ccccc3)C2OC(=O)c2ccccc2)c2cc[nH]c21. The number of amides is 2. The summed E-state index contributed by atoms with van der Waals surface area (Å²) in [5.74, 6) is -2.09. The first-order chi connectivity index (χ1) is 21.4. The smallest absolute Gasteiger partial charge is 0.338 e. The van der Waals surface area contributed by atoms with Crippen molar-refractivity contribution in [2.45, 2.75) is 24.5 Å². The van der Waals surface area contributed by atoms with E-state index in [9.17, 15) is 19.2 Å². The Morgan fingerprint density at radius 1 is 0.750 bits per heavy atom. The van der Waals surface area contributed by atoms with Gasteiger partial charge in [0.2, 0.25) is 0 Å². The monoisotopic (exact) mass is 593 g/mol. The maximum Gasteiger partial charge on any atom is 0.338 e. The van der Waals surface area contributed by atoms with E-state index in [1.165, 1.54) is 4.90 Å². The molecule has 0 aliphatic carbocycles. The molecule has 6 rings (SSSR count). The molecule has 0 bridgehead atoms. The molecule has 1 aromatic heterocycles. The van der Waals surface area contributed by atoms with Gasteiger partial charge in [-0.1, -0.05) is 61.2 Å². The zero-order valence-corrected chi connectivity index (χ0v) is 23.3. The third kappa shape index (κ3) is 5.68. The molecule has 4 unspecified atom stereocenters. The summed E-state index contributed by atoms with van der Waals surface area (Å²) in [5.41, 5.74) is 2.03. The molecule has 1 fully saturated rings. The van der Waals surface area contributed by atoms with Crippen LogP contribution in [0.1, 0.15) is 36.8 Å². The summed E-state index contributed by atoms with van der Waals surface area (Å²) in [6, 6.07) is 25.9. The largest absolute Gasteiger partial charge is 0.459 e. The summed E-state index contributed by atoms with van der Waals surface area (Å²) in [7, 11) is 0. The molecule has 0 spiro atoms. The Bertz CT molecular complexity index is 1690. The Morgan fingerprint density at radius 2 is 1.27 bits per heavy atom. The molecule has 1 saturated heterocycles. The van der Waals surface area contributed by atoms with Crippen molar-refractivity contribution in [1.29, 1.82) is 0 Å². The van der Waals surface area contributed by atoms with Gasteiger partial charge in [-0.25, -0.2) is 19.2 Å². The van der Waals surface area contributed by atoms with Crippen LogP contribution in [0, 0.1) is 0 Å². The van der Waals surface area contributed by atoms with Crippen molar-refractivity contribution in [2.75, 3.05) is 11.5 Å². The number of aromatic nitrogens is 1. The van der Waals surface area contributed by atoms with Crippen molar-refractivity contribution >= 4 is 35.3 Å². The van der Waals surface area contributed by atoms with Crippen LogP contribution in [-0.2, 0) is 18.9 Å². The molecular weight excluding hydrogens is 566 g/mol. The average molecular weight is 594 g/mol. The number of ether oxygens (including phenoxy) is 4. The van der Waals surface area contributed by atoms with Gasteiger partial charge in [-0.15, -0.1) is 0 Å². The fourth-order valence-electron chi connectivity index (χ4n) is 5.08. The topological polar surface area (TPSA) is 136 Å². The number of carbonyl (C=O) groups excluding carboxylic acids is 4. The Kier molecular flexibility index (Phi) is 7.94. The van der Waals surface area contributed by atoms with E-state index in [0.717, 1.165) is 0 Å². The van der Waals surface area contributed by atoms with Gasteiger partial charge in [0.05, 0.1) is 33.8 Å². The third-order valence-corrected chi connectivity index (χ3v) is 7.20. The maximum atomic E-state index is 13.4. The molecule has 222 valence electrons. The highest BCUT2D eigenvalue weighted by Gasteiger charge is 2.55. The molecule has 3 heterocycles. The maximum absolute atomic E-state index is 13.4. The van der Waals surface area contributed by atoms with E-state index in [2.05, 4.69) is 16.9 Å². The summed E-state index contributed by atoms with van der Waals surface area (Å²) in [4.78, 5) is 57.2. The van der Waals surface area contributed by atoms with E-state index in [1.54, 1.807) is 103 Å². The number of benzene rings is 3. The van der Waals surface area contributed by atoms with Crippen LogP contribution < -0.4 is 10.2 Å². The van der Waals surface area contributed by atoms with Gasteiger partial charge in [-0.3, -0.25) is 4.90 Å². The van der Waals surface area contributed by atoms with Crippen molar-refractivity contribution in [2.24, 2.45) is 0 Å². The van der Waals surface area contributed by atoms with Gasteiger partial charge in [0.25, 0.3) is 0 Å². The highest BCUT2D eigenvalue weighted by molar-refractivity contribution is 6.04. The molecule has 0 saturated carbocycles. The second-order valence-electron chi connectivity index (χ2n) is 10.0. The Balaban J connectivity index is 1.37. The standard InChI is InChI=1S/C33H27N3O8/c1-20-26-24(17-18-34-26)36(33(40)35-20)29-28(44-32(39)23-15-9-4-10-16-23)27(43-31(38)22-13-7-3-8-14-22)25(42-29)19-41-30(37)21-11-5-2-6-12-21/h2-18,25,27-29,34H,1,19H2,(H,35,40). The molecule has 2 N–H and O–H groups in total. The van der Waals surface area contributed by atoms with Crippen molar-refractivity contribution in [3.8, 4) is 0 Å². The number of anilines is 1. The number of fused-ring (bicyclic) bond motifs is 1. The summed E-state index contributed by atoms with van der Waals surface area (Å²) in [6.45, 7) is 3.51. The quantitative estimate of drug-likeness (QED) is 0.224. The minimum atomic E-state index is -1.34. The number of urea groups is 1. The molecular formula is C33H27N3O8. The van der Waals surface area contributed by atoms with Crippen molar-refractivity contribution in [3.63, 3.8) is 0 Å². The van der Waals surface area contributed by atoms with Crippen LogP contribution in [0.3, 0.4) is 0 Å². The predicted octanol–water partition coefficient (Wildman–Crippen LogP) is 4.55. The van der Waals surface area contributed by atoms with Crippen LogP contribution in [-0.4, -0.2) is 60.1 Å². The minimum absolute atomic E-state index is 0.233. The second kappa shape index (κ2) is 12.3. The lowest BCUT2D eigenvalue weighted by Crippen LogP contribution is -2.54. The van der Waals surface area contributed by atoms with E-state index in [1.807, 2.05) is 0 Å². The highest BCUT2D eigenvalue weighted by Crippen LogP contribution is 2.37. The lowest BCUT2D eigenvalue weighted by Gasteiger charge is -2.35. The Morgan fingerprint density at radius 3 is 1.84 bits per heavy atom. The van der Waals surface area contributed by atoms with Gasteiger partial charge >= 0.3 is 23.9 Å². The number of hydrogen-bond acceptors (Lipinski definition) is 8. The van der Waals surface area contributed by atoms with Crippen molar-refractivity contribution in [3.05, 3.63) is 132 Å². The van der Waals surface area contributed by atoms with Crippen molar-refractivity contribution < 1.29 is 38.1 Å². The highest BCUT2D eigenvalue weighted by atomic mass is 16.7. The second-order valence-corrected chi connectivity index (χ2v) is 10.0. The minimum Gasteiger partial charge on any atom is -0.459 e. The number of nitrogens with zero attached hydrogens (tertiary/aromatic N) is 1. The molecule has 0 radical (unpaired) electrons. The molecule has 11 heteroatoms. The van der Waals surface area contributed by atoms with Crippen LogP contribution >= 0.6 is 0 Å². The summed E-state index contributed by atoms with van der Waals surface area (Å²) in [6.07, 6.45) is -3.43. The summed E-state index contributed by atoms with van der Waals surface area (Å²) < 4.78 is 23.8. The van der Waals surface area contributed by atoms with E-state index in [-0.39, 0.29) is 17.7 Å². The number of hydrogen-bond donors (Lipinski definition) is 2. The van der Waals surface area contributed by atoms with Gasteiger partial charge in [0.15, 0.2) is 18.4 Å². The lowest BCUT2D eigenvalue weighted by molar-refractivity contribution is -0.0446. The Labute approximate surface area is 252 Å². The van der Waals surface area contributed by atoms with Crippen LogP contribution in [0.4, 0.5) is 10.5 Å². The zero-order chi connectivity index (χ0) is 30.6. The molecule has 4 aromatic rings. The van der Waals surface area contributed by atoms with Crippen LogP contribution in [0.5, 0.6) is 0 Å². The number of esters is 3. The van der Waals surface area contributed by atoms with Gasteiger partial charge in [0.1, 0.15) is 12.7 Å². The molecule has 11 nitrogen and oxygen atoms in total. The molecule has 2 aliphatic rings. The van der Waals surface area contributed by atoms with E-state index >= 15 is 0 Å². The first kappa shape index (κ1) is 28.4. The van der Waals surface area contributed by atoms with E-state index in [0.29, 0.717) is 22.6 Å². The number of rotatable bonds is 8. The van der Waals surface area contributed by atoms with E-state index in [4.69, 9.17) is 18.9 Å². The normalized spacial score (nSPS) is 20.8. The number of aromatic amines is 1. The van der Waals surface area contributed by atoms with Crippen LogP contribution in [0.25, 0.3) is 5.70 Å². The van der Waals surface area contributed by atoms with Gasteiger partial charge < -0.3 is 29.2 Å². The fraction of sp³-hybridized carbons (Fsp3) is 0.152. The molecule has 4 atom stereocenters. The third-order valence-electron chi connectivity index (χ3n) is 7.20. The molecule has 2 aliphatic heterocycles. The summed E-state index contributed by atoms with van der Waals surface area (Å²) in [5, 5.41) is 2.67. The number of carbonyl (C=O) groups is 4. The molecule has 44 heavy (non-hydrogen) atoms. The molecule has 3 aromatic carbocycles. The summed E-state index contributed by atoms with van der Waals surface area (Å²) >= 11 is 0. The first-order valence-corrected chi connectivity index (χ1v) is 13.8. The Hall–Kier alpha value is -5.68. The average Bonchev–Trinajstić information content (AvgIpc) is 3.67. The van der Waals surface area contributed by atoms with Crippen molar-refractivity contribution in [1.82, 2.24) is 10.3 Å². The van der Waals surface area contributed by atoms with Gasteiger partial charge in [0, 0.05) is 6.20 Å². The predicted molar refractivity (Wildman–Crippen MR) is 158 cm³/mol.